The molecule has 0 aromatic rings. The van der Waals surface area contributed by atoms with Gasteiger partial charge < -0.3 is 10.2 Å². The van der Waals surface area contributed by atoms with Crippen LogP contribution in [0, 0.1) is 11.8 Å². The van der Waals surface area contributed by atoms with Gasteiger partial charge in [-0.15, -0.1) is 0 Å². The molecule has 0 spiro atoms. The summed E-state index contributed by atoms with van der Waals surface area (Å²) in [6.45, 7) is 0. The molecule has 0 saturated heterocycles. The fourth-order valence-electron chi connectivity index (χ4n) is 4.19. The van der Waals surface area contributed by atoms with Gasteiger partial charge in [0.25, 0.3) is 0 Å². The Bertz CT molecular complexity index is 559. The maximum Gasteiger partial charge on any atom is 0.0836 e. The first-order valence-corrected chi connectivity index (χ1v) is 7.63. The van der Waals surface area contributed by atoms with E-state index in [1.54, 1.807) is 0 Å². The van der Waals surface area contributed by atoms with Gasteiger partial charge in [-0.05, 0) is 55.6 Å². The molecular formula is C16H20N2O2. The lowest BCUT2D eigenvalue weighted by atomic mass is 9.74. The number of allylic oxidation sites excluding steroid dienone is 3. The smallest absolute Gasteiger partial charge is 0.0836 e. The van der Waals surface area contributed by atoms with E-state index in [9.17, 15) is 10.2 Å². The van der Waals surface area contributed by atoms with Crippen molar-refractivity contribution in [3.8, 4) is 0 Å². The fourth-order valence-corrected chi connectivity index (χ4v) is 4.19. The Hall–Kier alpha value is -1.26. The van der Waals surface area contributed by atoms with E-state index in [1.165, 1.54) is 24.0 Å². The SMILES string of the molecule is OC1CC2=C3C=C4C=NN=C4CC3CCCC2CC1O. The standard InChI is InChI=1S/C16H20N2O2/c19-15-6-10-3-1-2-9-5-14-11(8-17-18-14)4-12(9)13(10)7-16(15)20/h4,8-10,15-16,19-20H,1-3,5-7H2. The number of nitrogens with zero attached hydrogens (tertiary/aromatic N) is 2. The summed E-state index contributed by atoms with van der Waals surface area (Å²) < 4.78 is 0. The van der Waals surface area contributed by atoms with Crippen LogP contribution in [-0.4, -0.2) is 34.3 Å². The Morgan fingerprint density at radius 3 is 2.80 bits per heavy atom. The van der Waals surface area contributed by atoms with E-state index < -0.39 is 12.2 Å². The first-order valence-electron chi connectivity index (χ1n) is 7.63. The van der Waals surface area contributed by atoms with Gasteiger partial charge in [0.15, 0.2) is 0 Å². The monoisotopic (exact) mass is 272 g/mol. The van der Waals surface area contributed by atoms with Gasteiger partial charge in [-0.2, -0.15) is 10.2 Å². The van der Waals surface area contributed by atoms with Gasteiger partial charge in [0.1, 0.15) is 0 Å². The quantitative estimate of drug-likeness (QED) is 0.708. The molecule has 2 N–H and O–H groups in total. The molecule has 4 rings (SSSR count). The second kappa shape index (κ2) is 4.64. The third kappa shape index (κ3) is 1.90. The Kier molecular flexibility index (Phi) is 2.89. The van der Waals surface area contributed by atoms with Crippen LogP contribution in [0.4, 0.5) is 0 Å². The molecule has 4 heteroatoms. The minimum Gasteiger partial charge on any atom is -0.390 e. The van der Waals surface area contributed by atoms with Gasteiger partial charge >= 0.3 is 0 Å². The van der Waals surface area contributed by atoms with Crippen molar-refractivity contribution < 1.29 is 10.2 Å². The molecule has 1 heterocycles. The van der Waals surface area contributed by atoms with Crippen molar-refractivity contribution in [1.29, 1.82) is 0 Å². The van der Waals surface area contributed by atoms with Crippen molar-refractivity contribution in [2.45, 2.75) is 50.7 Å². The van der Waals surface area contributed by atoms with Crippen LogP contribution in [0.5, 0.6) is 0 Å². The third-order valence-corrected chi connectivity index (χ3v) is 5.27. The van der Waals surface area contributed by atoms with Crippen LogP contribution in [0.15, 0.2) is 33.0 Å². The largest absolute Gasteiger partial charge is 0.390 e. The summed E-state index contributed by atoms with van der Waals surface area (Å²) in [4.78, 5) is 0. The second-order valence-electron chi connectivity index (χ2n) is 6.47. The average molecular weight is 272 g/mol. The summed E-state index contributed by atoms with van der Waals surface area (Å²) >= 11 is 0. The van der Waals surface area contributed by atoms with Gasteiger partial charge in [-0.25, -0.2) is 0 Å². The molecule has 1 aliphatic heterocycles. The number of hydrogen-bond acceptors (Lipinski definition) is 4. The van der Waals surface area contributed by atoms with E-state index in [2.05, 4.69) is 16.3 Å². The predicted octanol–water partition coefficient (Wildman–Crippen LogP) is 1.99. The number of rotatable bonds is 0. The van der Waals surface area contributed by atoms with E-state index >= 15 is 0 Å². The van der Waals surface area contributed by atoms with E-state index in [0.717, 1.165) is 24.1 Å². The Balaban J connectivity index is 1.78. The van der Waals surface area contributed by atoms with Gasteiger partial charge in [0, 0.05) is 5.57 Å². The van der Waals surface area contributed by atoms with Gasteiger partial charge in [0.05, 0.1) is 24.1 Å². The predicted molar refractivity (Wildman–Crippen MR) is 77.7 cm³/mol. The topological polar surface area (TPSA) is 65.2 Å². The van der Waals surface area contributed by atoms with Crippen molar-refractivity contribution in [3.63, 3.8) is 0 Å². The molecule has 4 unspecified atom stereocenters. The number of aliphatic hydroxyl groups is 2. The molecule has 0 aromatic heterocycles. The lowest BCUT2D eigenvalue weighted by molar-refractivity contribution is -0.00912. The van der Waals surface area contributed by atoms with E-state index in [4.69, 9.17) is 0 Å². The van der Waals surface area contributed by atoms with Crippen molar-refractivity contribution in [2.75, 3.05) is 0 Å². The first-order chi connectivity index (χ1) is 9.72. The van der Waals surface area contributed by atoms with Crippen LogP contribution < -0.4 is 0 Å². The van der Waals surface area contributed by atoms with Gasteiger partial charge in [0.2, 0.25) is 0 Å². The van der Waals surface area contributed by atoms with E-state index in [1.807, 2.05) is 6.21 Å². The summed E-state index contributed by atoms with van der Waals surface area (Å²) in [6, 6.07) is 0. The number of fused-ring (bicyclic) bond motifs is 3. The van der Waals surface area contributed by atoms with Crippen molar-refractivity contribution in [2.24, 2.45) is 22.0 Å². The molecule has 0 radical (unpaired) electrons. The molecule has 0 bridgehead atoms. The molecule has 3 aliphatic carbocycles. The highest BCUT2D eigenvalue weighted by Gasteiger charge is 2.37. The van der Waals surface area contributed by atoms with E-state index in [0.29, 0.717) is 24.7 Å². The third-order valence-electron chi connectivity index (χ3n) is 5.27. The van der Waals surface area contributed by atoms with Gasteiger partial charge in [-0.1, -0.05) is 12.0 Å². The normalized spacial score (nSPS) is 39.5. The number of aliphatic hydroxyl groups excluding tert-OH is 2. The molecule has 4 nitrogen and oxygen atoms in total. The summed E-state index contributed by atoms with van der Waals surface area (Å²) in [7, 11) is 0. The zero-order valence-electron chi connectivity index (χ0n) is 11.5. The Labute approximate surface area is 118 Å². The molecule has 0 aromatic carbocycles. The van der Waals surface area contributed by atoms with E-state index in [-0.39, 0.29) is 0 Å². The summed E-state index contributed by atoms with van der Waals surface area (Å²) in [5.74, 6) is 0.976. The molecule has 4 aliphatic rings. The molecule has 1 fully saturated rings. The van der Waals surface area contributed by atoms with Crippen LogP contribution >= 0.6 is 0 Å². The molecule has 106 valence electrons. The first kappa shape index (κ1) is 12.5. The highest BCUT2D eigenvalue weighted by atomic mass is 16.3. The van der Waals surface area contributed by atoms with Crippen LogP contribution in [0.2, 0.25) is 0 Å². The highest BCUT2D eigenvalue weighted by Crippen LogP contribution is 2.44. The Morgan fingerprint density at radius 2 is 1.90 bits per heavy atom. The minimum atomic E-state index is -0.599. The lowest BCUT2D eigenvalue weighted by Crippen LogP contribution is -2.35. The van der Waals surface area contributed by atoms with Crippen LogP contribution in [-0.2, 0) is 0 Å². The molecule has 1 saturated carbocycles. The zero-order valence-corrected chi connectivity index (χ0v) is 11.5. The summed E-state index contributed by atoms with van der Waals surface area (Å²) in [5.41, 5.74) is 5.05. The highest BCUT2D eigenvalue weighted by molar-refractivity contribution is 6.19. The zero-order chi connectivity index (χ0) is 13.7. The maximum absolute atomic E-state index is 10.0. The van der Waals surface area contributed by atoms with Crippen molar-refractivity contribution in [3.05, 3.63) is 22.8 Å². The maximum atomic E-state index is 10.0. The Morgan fingerprint density at radius 1 is 1.05 bits per heavy atom. The molecule has 20 heavy (non-hydrogen) atoms. The lowest BCUT2D eigenvalue weighted by Gasteiger charge is -2.34. The van der Waals surface area contributed by atoms with Crippen LogP contribution in [0.25, 0.3) is 0 Å². The van der Waals surface area contributed by atoms with Crippen molar-refractivity contribution >= 4 is 11.9 Å². The number of hydrogen-bond donors (Lipinski definition) is 2. The summed E-state index contributed by atoms with van der Waals surface area (Å²) in [5, 5.41) is 28.2. The van der Waals surface area contributed by atoms with Crippen LogP contribution in [0.1, 0.15) is 38.5 Å². The van der Waals surface area contributed by atoms with Crippen LogP contribution in [0.3, 0.4) is 0 Å². The van der Waals surface area contributed by atoms with Crippen molar-refractivity contribution in [1.82, 2.24) is 0 Å². The molecule has 4 atom stereocenters. The minimum absolute atomic E-state index is 0.446. The molecule has 0 amide bonds. The fraction of sp³-hybridized carbons (Fsp3) is 0.625. The average Bonchev–Trinajstić information content (AvgIpc) is 2.82. The molecular weight excluding hydrogens is 252 g/mol. The second-order valence-corrected chi connectivity index (χ2v) is 6.47. The summed E-state index contributed by atoms with van der Waals surface area (Å²) in [6.07, 6.45) is 8.77. The van der Waals surface area contributed by atoms with Gasteiger partial charge in [-0.3, -0.25) is 0 Å².